The molecule has 3 aromatic rings. The van der Waals surface area contributed by atoms with Crippen molar-refractivity contribution in [1.82, 2.24) is 0 Å². The van der Waals surface area contributed by atoms with E-state index in [1.807, 2.05) is 0 Å². The Morgan fingerprint density at radius 2 is 2.00 bits per heavy atom. The highest BCUT2D eigenvalue weighted by atomic mass is 32.1. The molecule has 0 unspecified atom stereocenters. The van der Waals surface area contributed by atoms with Gasteiger partial charge in [0.2, 0.25) is 0 Å². The number of anilines is 1. The maximum Gasteiger partial charge on any atom is 0.270 e. The molecule has 0 bridgehead atoms. The molecule has 23 heavy (non-hydrogen) atoms. The van der Waals surface area contributed by atoms with E-state index in [9.17, 15) is 19.3 Å². The number of nitro benzene ring substituents is 1. The van der Waals surface area contributed by atoms with Crippen molar-refractivity contribution in [2.75, 3.05) is 5.32 Å². The molecule has 0 aliphatic heterocycles. The quantitative estimate of drug-likeness (QED) is 0.567. The highest BCUT2D eigenvalue weighted by Crippen LogP contribution is 2.29. The molecule has 0 saturated heterocycles. The van der Waals surface area contributed by atoms with E-state index in [0.29, 0.717) is 21.5 Å². The maximum absolute atomic E-state index is 13.5. The first-order chi connectivity index (χ1) is 10.9. The average molecular weight is 330 g/mol. The van der Waals surface area contributed by atoms with Crippen molar-refractivity contribution in [2.24, 2.45) is 0 Å². The van der Waals surface area contributed by atoms with Crippen LogP contribution in [0.25, 0.3) is 10.1 Å². The predicted molar refractivity (Wildman–Crippen MR) is 87.6 cm³/mol. The summed E-state index contributed by atoms with van der Waals surface area (Å²) in [5, 5.41) is 14.0. The van der Waals surface area contributed by atoms with E-state index < -0.39 is 10.7 Å². The lowest BCUT2D eigenvalue weighted by molar-refractivity contribution is -0.384. The summed E-state index contributed by atoms with van der Waals surface area (Å²) >= 11 is 1.22. The van der Waals surface area contributed by atoms with Gasteiger partial charge < -0.3 is 5.32 Å². The Morgan fingerprint density at radius 3 is 2.70 bits per heavy atom. The molecule has 0 aliphatic carbocycles. The van der Waals surface area contributed by atoms with Gasteiger partial charge in [0.25, 0.3) is 11.6 Å². The van der Waals surface area contributed by atoms with Crippen LogP contribution in [0.3, 0.4) is 0 Å². The van der Waals surface area contributed by atoms with Crippen LogP contribution in [-0.4, -0.2) is 10.8 Å². The Balaban J connectivity index is 1.88. The number of carbonyl (C=O) groups is 1. The number of fused-ring (bicyclic) bond motifs is 1. The zero-order valence-corrected chi connectivity index (χ0v) is 12.8. The third-order valence-electron chi connectivity index (χ3n) is 3.36. The van der Waals surface area contributed by atoms with Crippen molar-refractivity contribution in [1.29, 1.82) is 0 Å². The second kappa shape index (κ2) is 5.77. The minimum atomic E-state index is -0.480. The van der Waals surface area contributed by atoms with Crippen LogP contribution in [0.1, 0.15) is 15.2 Å². The van der Waals surface area contributed by atoms with Crippen molar-refractivity contribution in [3.05, 3.63) is 68.8 Å². The Hall–Kier alpha value is -2.80. The Morgan fingerprint density at radius 1 is 1.22 bits per heavy atom. The van der Waals surface area contributed by atoms with E-state index in [0.717, 1.165) is 4.70 Å². The number of non-ortho nitro benzene ring substituents is 1. The molecule has 0 saturated carbocycles. The van der Waals surface area contributed by atoms with Crippen LogP contribution in [0.5, 0.6) is 0 Å². The van der Waals surface area contributed by atoms with Crippen molar-refractivity contribution in [3.63, 3.8) is 0 Å². The molecule has 2 aromatic carbocycles. The van der Waals surface area contributed by atoms with Gasteiger partial charge in [-0.05, 0) is 36.8 Å². The number of nitrogens with one attached hydrogen (secondary N) is 1. The van der Waals surface area contributed by atoms with Gasteiger partial charge in [-0.15, -0.1) is 11.3 Å². The van der Waals surface area contributed by atoms with E-state index >= 15 is 0 Å². The van der Waals surface area contributed by atoms with Crippen molar-refractivity contribution in [2.45, 2.75) is 6.92 Å². The molecule has 0 fully saturated rings. The number of halogens is 1. The summed E-state index contributed by atoms with van der Waals surface area (Å²) < 4.78 is 14.3. The third kappa shape index (κ3) is 3.04. The lowest BCUT2D eigenvalue weighted by Crippen LogP contribution is -2.10. The number of nitro groups is 1. The molecule has 1 heterocycles. The first-order valence-corrected chi connectivity index (χ1v) is 7.51. The lowest BCUT2D eigenvalue weighted by Gasteiger charge is -2.04. The summed E-state index contributed by atoms with van der Waals surface area (Å²) in [4.78, 5) is 22.9. The van der Waals surface area contributed by atoms with Crippen LogP contribution in [0.4, 0.5) is 15.8 Å². The summed E-state index contributed by atoms with van der Waals surface area (Å²) in [6.07, 6.45) is 0. The zero-order chi connectivity index (χ0) is 16.6. The molecule has 116 valence electrons. The molecule has 1 aromatic heterocycles. The number of amides is 1. The number of nitrogens with zero attached hydrogens (tertiary/aromatic N) is 1. The van der Waals surface area contributed by atoms with E-state index in [-0.39, 0.29) is 11.6 Å². The summed E-state index contributed by atoms with van der Waals surface area (Å²) in [6, 6.07) is 10.5. The fraction of sp³-hybridized carbons (Fsp3) is 0.0625. The van der Waals surface area contributed by atoms with Gasteiger partial charge in [0.15, 0.2) is 0 Å². The Labute approximate surface area is 134 Å². The molecule has 0 aliphatic rings. The van der Waals surface area contributed by atoms with Crippen LogP contribution in [0.15, 0.2) is 42.5 Å². The van der Waals surface area contributed by atoms with Gasteiger partial charge in [0.05, 0.1) is 9.80 Å². The van der Waals surface area contributed by atoms with Crippen LogP contribution in [0.2, 0.25) is 0 Å². The molecule has 0 radical (unpaired) electrons. The van der Waals surface area contributed by atoms with Gasteiger partial charge in [0, 0.05) is 27.9 Å². The second-order valence-corrected chi connectivity index (χ2v) is 6.09. The van der Waals surface area contributed by atoms with Crippen LogP contribution < -0.4 is 5.32 Å². The van der Waals surface area contributed by atoms with E-state index in [2.05, 4.69) is 5.32 Å². The fourth-order valence-electron chi connectivity index (χ4n) is 2.12. The average Bonchev–Trinajstić information content (AvgIpc) is 2.94. The number of aryl methyl sites for hydroxylation is 1. The number of hydrogen-bond donors (Lipinski definition) is 1. The molecular weight excluding hydrogens is 319 g/mol. The van der Waals surface area contributed by atoms with Gasteiger partial charge in [-0.3, -0.25) is 14.9 Å². The zero-order valence-electron chi connectivity index (χ0n) is 12.0. The minimum absolute atomic E-state index is 0.0251. The van der Waals surface area contributed by atoms with E-state index in [4.69, 9.17) is 0 Å². The predicted octanol–water partition coefficient (Wildman–Crippen LogP) is 4.51. The normalized spacial score (nSPS) is 10.7. The van der Waals surface area contributed by atoms with E-state index in [1.54, 1.807) is 31.2 Å². The molecule has 7 heteroatoms. The van der Waals surface area contributed by atoms with Crippen LogP contribution >= 0.6 is 11.3 Å². The number of benzene rings is 2. The molecule has 5 nitrogen and oxygen atoms in total. The smallest absolute Gasteiger partial charge is 0.270 e. The highest BCUT2D eigenvalue weighted by molar-refractivity contribution is 7.20. The molecule has 1 amide bonds. The number of hydrogen-bond acceptors (Lipinski definition) is 4. The molecular formula is C16H11FN2O3S. The third-order valence-corrected chi connectivity index (χ3v) is 4.48. The van der Waals surface area contributed by atoms with Crippen molar-refractivity contribution < 1.29 is 14.1 Å². The van der Waals surface area contributed by atoms with Crippen LogP contribution in [-0.2, 0) is 0 Å². The Kier molecular flexibility index (Phi) is 3.79. The first-order valence-electron chi connectivity index (χ1n) is 6.69. The summed E-state index contributed by atoms with van der Waals surface area (Å²) in [6.45, 7) is 1.64. The first kappa shape index (κ1) is 15.1. The maximum atomic E-state index is 13.5. The highest BCUT2D eigenvalue weighted by Gasteiger charge is 2.14. The molecule has 3 rings (SSSR count). The van der Waals surface area contributed by atoms with Crippen molar-refractivity contribution >= 4 is 38.7 Å². The van der Waals surface area contributed by atoms with Crippen molar-refractivity contribution in [3.8, 4) is 0 Å². The second-order valence-electron chi connectivity index (χ2n) is 5.01. The molecule has 0 atom stereocenters. The van der Waals surface area contributed by atoms with Crippen LogP contribution in [0, 0.1) is 22.9 Å². The summed E-state index contributed by atoms with van der Waals surface area (Å²) in [5.41, 5.74) is 0.835. The SMILES string of the molecule is Cc1ccc(NC(=O)c2cc3cc([N+](=O)[O-])ccc3s2)cc1F. The van der Waals surface area contributed by atoms with Gasteiger partial charge in [-0.1, -0.05) is 6.07 Å². The fourth-order valence-corrected chi connectivity index (χ4v) is 3.06. The number of thiophene rings is 1. The van der Waals surface area contributed by atoms with E-state index in [1.165, 1.54) is 29.5 Å². The minimum Gasteiger partial charge on any atom is -0.321 e. The Bertz CT molecular complexity index is 936. The monoisotopic (exact) mass is 330 g/mol. The largest absolute Gasteiger partial charge is 0.321 e. The number of carbonyl (C=O) groups excluding carboxylic acids is 1. The van der Waals surface area contributed by atoms with Gasteiger partial charge >= 0.3 is 0 Å². The lowest BCUT2D eigenvalue weighted by atomic mass is 10.2. The summed E-state index contributed by atoms with van der Waals surface area (Å²) in [5.74, 6) is -0.771. The standard InChI is InChI=1S/C16H11FN2O3S/c1-9-2-3-11(8-13(9)17)18-16(20)15-7-10-6-12(19(21)22)4-5-14(10)23-15/h2-8H,1H3,(H,18,20). The summed E-state index contributed by atoms with van der Waals surface area (Å²) in [7, 11) is 0. The molecule has 1 N–H and O–H groups in total. The number of rotatable bonds is 3. The van der Waals surface area contributed by atoms with Gasteiger partial charge in [-0.25, -0.2) is 4.39 Å². The molecule has 0 spiro atoms. The van der Waals surface area contributed by atoms with Gasteiger partial charge in [-0.2, -0.15) is 0 Å². The topological polar surface area (TPSA) is 72.2 Å². The van der Waals surface area contributed by atoms with Gasteiger partial charge in [0.1, 0.15) is 5.82 Å².